The van der Waals surface area contributed by atoms with Gasteiger partial charge < -0.3 is 16.0 Å². The molecule has 2 atom stereocenters. The normalized spacial score (nSPS) is 29.3. The van der Waals surface area contributed by atoms with E-state index in [0.717, 1.165) is 12.5 Å². The summed E-state index contributed by atoms with van der Waals surface area (Å²) in [6.07, 6.45) is 6.83. The van der Waals surface area contributed by atoms with E-state index in [1.165, 1.54) is 25.7 Å². The minimum absolute atomic E-state index is 0.179. The quantitative estimate of drug-likeness (QED) is 0.444. The van der Waals surface area contributed by atoms with E-state index in [1.54, 1.807) is 6.08 Å². The van der Waals surface area contributed by atoms with Crippen molar-refractivity contribution in [1.29, 1.82) is 0 Å². The van der Waals surface area contributed by atoms with E-state index >= 15 is 0 Å². The Balaban J connectivity index is 2.65. The van der Waals surface area contributed by atoms with Crippen molar-refractivity contribution in [2.75, 3.05) is 27.2 Å². The van der Waals surface area contributed by atoms with Crippen molar-refractivity contribution in [3.63, 3.8) is 0 Å². The van der Waals surface area contributed by atoms with Crippen LogP contribution in [0.15, 0.2) is 17.6 Å². The molecule has 2 unspecified atom stereocenters. The van der Waals surface area contributed by atoms with E-state index < -0.39 is 0 Å². The molecule has 0 saturated heterocycles. The minimum Gasteiger partial charge on any atom is -0.370 e. The largest absolute Gasteiger partial charge is 0.370 e. The van der Waals surface area contributed by atoms with Gasteiger partial charge in [-0.1, -0.05) is 25.8 Å². The predicted octanol–water partition coefficient (Wildman–Crippen LogP) is 1.59. The molecule has 1 rings (SSSR count). The first-order chi connectivity index (χ1) is 8.50. The molecular formula is C14H28N4. The summed E-state index contributed by atoms with van der Waals surface area (Å²) in [7, 11) is 4.31. The highest BCUT2D eigenvalue weighted by Crippen LogP contribution is 2.35. The van der Waals surface area contributed by atoms with Crippen LogP contribution in [0.5, 0.6) is 0 Å². The molecule has 0 amide bonds. The molecule has 1 aliphatic rings. The topological polar surface area (TPSA) is 53.6 Å². The standard InChI is InChI=1S/C14H28N4/c1-5-9-16-13(15)17-11-14(18(3)4)8-6-7-12(2)10-14/h5,12H,1,6-11H2,2-4H3,(H3,15,16,17). The molecular weight excluding hydrogens is 224 g/mol. The van der Waals surface area contributed by atoms with Crippen LogP contribution in [0.1, 0.15) is 32.6 Å². The lowest BCUT2D eigenvalue weighted by molar-refractivity contribution is 0.0845. The van der Waals surface area contributed by atoms with Crippen LogP contribution in [0.4, 0.5) is 0 Å². The van der Waals surface area contributed by atoms with Gasteiger partial charge in [0.25, 0.3) is 0 Å². The number of nitrogens with zero attached hydrogens (tertiary/aromatic N) is 2. The molecule has 3 N–H and O–H groups in total. The summed E-state index contributed by atoms with van der Waals surface area (Å²) < 4.78 is 0. The van der Waals surface area contributed by atoms with Crippen LogP contribution in [-0.4, -0.2) is 43.6 Å². The lowest BCUT2D eigenvalue weighted by Gasteiger charge is -2.44. The van der Waals surface area contributed by atoms with Gasteiger partial charge in [0.05, 0.1) is 6.54 Å². The summed E-state index contributed by atoms with van der Waals surface area (Å²) in [6, 6.07) is 0. The van der Waals surface area contributed by atoms with Crippen LogP contribution in [0, 0.1) is 5.92 Å². The number of aliphatic imine (C=N–C) groups is 1. The van der Waals surface area contributed by atoms with Crippen molar-refractivity contribution in [1.82, 2.24) is 10.2 Å². The summed E-state index contributed by atoms with van der Waals surface area (Å²) in [4.78, 5) is 6.83. The first kappa shape index (κ1) is 15.0. The molecule has 104 valence electrons. The van der Waals surface area contributed by atoms with E-state index in [-0.39, 0.29) is 5.54 Å². The van der Waals surface area contributed by atoms with Gasteiger partial charge in [0.1, 0.15) is 0 Å². The fourth-order valence-corrected chi connectivity index (χ4v) is 2.79. The highest BCUT2D eigenvalue weighted by Gasteiger charge is 2.36. The first-order valence-electron chi connectivity index (χ1n) is 6.82. The zero-order valence-corrected chi connectivity index (χ0v) is 12.1. The van der Waals surface area contributed by atoms with Crippen molar-refractivity contribution in [2.45, 2.75) is 38.1 Å². The lowest BCUT2D eigenvalue weighted by atomic mass is 9.75. The van der Waals surface area contributed by atoms with E-state index in [4.69, 9.17) is 5.73 Å². The Morgan fingerprint density at radius 2 is 2.33 bits per heavy atom. The fraction of sp³-hybridized carbons (Fsp3) is 0.786. The van der Waals surface area contributed by atoms with Gasteiger partial charge in [-0.15, -0.1) is 6.58 Å². The van der Waals surface area contributed by atoms with Crippen LogP contribution in [0.3, 0.4) is 0 Å². The Morgan fingerprint density at radius 1 is 1.61 bits per heavy atom. The van der Waals surface area contributed by atoms with Gasteiger partial charge in [0.2, 0.25) is 0 Å². The average molecular weight is 252 g/mol. The van der Waals surface area contributed by atoms with Crippen LogP contribution in [0.2, 0.25) is 0 Å². The Labute approximate surface area is 111 Å². The molecule has 18 heavy (non-hydrogen) atoms. The number of nitrogens with two attached hydrogens (primary N) is 1. The highest BCUT2D eigenvalue weighted by atomic mass is 15.2. The van der Waals surface area contributed by atoms with Gasteiger partial charge >= 0.3 is 0 Å². The maximum Gasteiger partial charge on any atom is 0.188 e. The Morgan fingerprint density at radius 3 is 2.89 bits per heavy atom. The first-order valence-corrected chi connectivity index (χ1v) is 6.82. The molecule has 1 saturated carbocycles. The van der Waals surface area contributed by atoms with E-state index in [1.807, 2.05) is 0 Å². The third kappa shape index (κ3) is 4.02. The molecule has 4 nitrogen and oxygen atoms in total. The lowest BCUT2D eigenvalue weighted by Crippen LogP contribution is -2.50. The van der Waals surface area contributed by atoms with Crippen LogP contribution in [-0.2, 0) is 0 Å². The molecule has 0 aromatic carbocycles. The van der Waals surface area contributed by atoms with Gasteiger partial charge in [-0.3, -0.25) is 4.99 Å². The van der Waals surface area contributed by atoms with Crippen molar-refractivity contribution < 1.29 is 0 Å². The molecule has 4 heteroatoms. The second-order valence-corrected chi connectivity index (χ2v) is 5.69. The maximum atomic E-state index is 5.84. The number of guanidine groups is 1. The Bertz CT molecular complexity index is 298. The predicted molar refractivity (Wildman–Crippen MR) is 78.7 cm³/mol. The summed E-state index contributed by atoms with van der Waals surface area (Å²) in [5.41, 5.74) is 6.02. The minimum atomic E-state index is 0.179. The third-order valence-corrected chi connectivity index (χ3v) is 3.99. The zero-order valence-electron chi connectivity index (χ0n) is 12.1. The molecule has 1 aliphatic carbocycles. The van der Waals surface area contributed by atoms with Crippen molar-refractivity contribution >= 4 is 5.96 Å². The monoisotopic (exact) mass is 252 g/mol. The second-order valence-electron chi connectivity index (χ2n) is 5.69. The SMILES string of the molecule is C=CCNC(N)=NCC1(N(C)C)CCCC(C)C1. The second kappa shape index (κ2) is 6.78. The van der Waals surface area contributed by atoms with Gasteiger partial charge in [-0.2, -0.15) is 0 Å². The Hall–Kier alpha value is -1.03. The van der Waals surface area contributed by atoms with Crippen LogP contribution in [0.25, 0.3) is 0 Å². The average Bonchev–Trinajstić information content (AvgIpc) is 2.33. The molecule has 0 spiro atoms. The molecule has 0 bridgehead atoms. The van der Waals surface area contributed by atoms with Gasteiger partial charge in [-0.25, -0.2) is 0 Å². The number of hydrogen-bond acceptors (Lipinski definition) is 2. The number of likely N-dealkylation sites (N-methyl/N-ethyl adjacent to an activating group) is 1. The molecule has 0 aliphatic heterocycles. The summed E-state index contributed by atoms with van der Waals surface area (Å²) in [6.45, 7) is 7.43. The molecule has 0 aromatic heterocycles. The summed E-state index contributed by atoms with van der Waals surface area (Å²) in [5.74, 6) is 1.30. The highest BCUT2D eigenvalue weighted by molar-refractivity contribution is 5.77. The maximum absolute atomic E-state index is 5.84. The fourth-order valence-electron chi connectivity index (χ4n) is 2.79. The van der Waals surface area contributed by atoms with Crippen molar-refractivity contribution in [3.05, 3.63) is 12.7 Å². The summed E-state index contributed by atoms with van der Waals surface area (Å²) >= 11 is 0. The molecule has 1 fully saturated rings. The molecule has 0 radical (unpaired) electrons. The van der Waals surface area contributed by atoms with E-state index in [2.05, 4.69) is 42.8 Å². The van der Waals surface area contributed by atoms with Crippen molar-refractivity contribution in [2.24, 2.45) is 16.6 Å². The van der Waals surface area contributed by atoms with Gasteiger partial charge in [-0.05, 0) is 32.9 Å². The number of nitrogens with one attached hydrogen (secondary N) is 1. The smallest absolute Gasteiger partial charge is 0.188 e. The van der Waals surface area contributed by atoms with Gasteiger partial charge in [0, 0.05) is 12.1 Å². The zero-order chi connectivity index (χ0) is 13.6. The number of hydrogen-bond donors (Lipinski definition) is 2. The number of rotatable bonds is 5. The molecule has 0 aromatic rings. The Kier molecular flexibility index (Phi) is 5.66. The van der Waals surface area contributed by atoms with Crippen LogP contribution < -0.4 is 11.1 Å². The molecule has 0 heterocycles. The van der Waals surface area contributed by atoms with Crippen LogP contribution >= 0.6 is 0 Å². The van der Waals surface area contributed by atoms with Gasteiger partial charge in [0.15, 0.2) is 5.96 Å². The third-order valence-electron chi connectivity index (χ3n) is 3.99. The van der Waals surface area contributed by atoms with Crippen molar-refractivity contribution in [3.8, 4) is 0 Å². The van der Waals surface area contributed by atoms with E-state index in [9.17, 15) is 0 Å². The summed E-state index contributed by atoms with van der Waals surface area (Å²) in [5, 5.41) is 3.03. The van der Waals surface area contributed by atoms with E-state index in [0.29, 0.717) is 12.5 Å².